The van der Waals surface area contributed by atoms with Crippen molar-refractivity contribution >= 4 is 31.6 Å². The minimum atomic E-state index is -3.98. The van der Waals surface area contributed by atoms with Gasteiger partial charge in [0.25, 0.3) is 20.0 Å². The molecule has 0 bridgehead atoms. The first kappa shape index (κ1) is 20.9. The van der Waals surface area contributed by atoms with Gasteiger partial charge in [0.1, 0.15) is 5.84 Å². The molecule has 2 aromatic rings. The number of hydrogen-bond donors (Lipinski definition) is 2. The summed E-state index contributed by atoms with van der Waals surface area (Å²) in [6.07, 6.45) is 1.36. The Hall–Kier alpha value is -2.79. The Balaban J connectivity index is 1.86. The van der Waals surface area contributed by atoms with Gasteiger partial charge in [-0.3, -0.25) is 14.4 Å². The first-order valence-corrected chi connectivity index (χ1v) is 11.6. The van der Waals surface area contributed by atoms with Crippen LogP contribution in [0, 0.1) is 0 Å². The van der Waals surface area contributed by atoms with Gasteiger partial charge in [-0.15, -0.1) is 0 Å². The lowest BCUT2D eigenvalue weighted by Crippen LogP contribution is -2.29. The Morgan fingerprint density at radius 3 is 2.21 bits per heavy atom. The third-order valence-corrected chi connectivity index (χ3v) is 6.95. The molecular formula is C18H21N3O6S2. The van der Waals surface area contributed by atoms with Gasteiger partial charge in [0, 0.05) is 19.0 Å². The Morgan fingerprint density at radius 1 is 0.862 bits per heavy atom. The third kappa shape index (κ3) is 4.80. The van der Waals surface area contributed by atoms with Crippen molar-refractivity contribution in [2.24, 2.45) is 4.99 Å². The highest BCUT2D eigenvalue weighted by molar-refractivity contribution is 7.92. The normalized spacial score (nSPS) is 14.2. The van der Waals surface area contributed by atoms with Gasteiger partial charge in [-0.25, -0.2) is 16.8 Å². The van der Waals surface area contributed by atoms with Crippen LogP contribution in [0.3, 0.4) is 0 Å². The van der Waals surface area contributed by atoms with Crippen LogP contribution < -0.4 is 18.9 Å². The van der Waals surface area contributed by atoms with E-state index in [4.69, 9.17) is 9.47 Å². The molecule has 0 saturated heterocycles. The van der Waals surface area contributed by atoms with Gasteiger partial charge in [-0.1, -0.05) is 6.07 Å². The summed E-state index contributed by atoms with van der Waals surface area (Å²) in [7, 11) is -4.99. The van der Waals surface area contributed by atoms with Crippen LogP contribution in [0.1, 0.15) is 12.8 Å². The van der Waals surface area contributed by atoms with Crippen LogP contribution in [0.2, 0.25) is 0 Å². The zero-order chi connectivity index (χ0) is 21.1. The van der Waals surface area contributed by atoms with E-state index in [9.17, 15) is 16.8 Å². The number of methoxy groups -OCH3 is 2. The van der Waals surface area contributed by atoms with Crippen LogP contribution in [0.25, 0.3) is 0 Å². The fourth-order valence-corrected chi connectivity index (χ4v) is 4.96. The molecule has 1 aliphatic heterocycles. The number of ether oxygens (including phenoxy) is 2. The molecule has 0 amide bonds. The van der Waals surface area contributed by atoms with Crippen molar-refractivity contribution in [1.82, 2.24) is 4.72 Å². The second-order valence-corrected chi connectivity index (χ2v) is 9.55. The molecule has 0 unspecified atom stereocenters. The van der Waals surface area contributed by atoms with Gasteiger partial charge < -0.3 is 9.47 Å². The third-order valence-electron chi connectivity index (χ3n) is 4.19. The van der Waals surface area contributed by atoms with E-state index in [1.807, 2.05) is 0 Å². The van der Waals surface area contributed by atoms with Crippen molar-refractivity contribution in [3.05, 3.63) is 42.5 Å². The number of nitrogens with zero attached hydrogens (tertiary/aromatic N) is 1. The van der Waals surface area contributed by atoms with Crippen molar-refractivity contribution in [1.29, 1.82) is 0 Å². The van der Waals surface area contributed by atoms with E-state index >= 15 is 0 Å². The van der Waals surface area contributed by atoms with Gasteiger partial charge in [0.05, 0.1) is 29.7 Å². The largest absolute Gasteiger partial charge is 0.493 e. The van der Waals surface area contributed by atoms with Crippen LogP contribution in [-0.4, -0.2) is 43.4 Å². The van der Waals surface area contributed by atoms with Crippen molar-refractivity contribution < 1.29 is 26.3 Å². The summed E-state index contributed by atoms with van der Waals surface area (Å²) >= 11 is 0. The number of aliphatic imine (C=N–C) groups is 1. The monoisotopic (exact) mass is 439 g/mol. The first-order chi connectivity index (χ1) is 13.7. The summed E-state index contributed by atoms with van der Waals surface area (Å²) in [6.45, 7) is 0.586. The fourth-order valence-electron chi connectivity index (χ4n) is 2.76. The molecule has 0 fully saturated rings. The number of rotatable bonds is 7. The van der Waals surface area contributed by atoms with E-state index in [1.165, 1.54) is 56.7 Å². The second kappa shape index (κ2) is 8.29. The highest BCUT2D eigenvalue weighted by Gasteiger charge is 2.21. The van der Waals surface area contributed by atoms with Crippen molar-refractivity contribution in [3.63, 3.8) is 0 Å². The Kier molecular flexibility index (Phi) is 5.99. The number of sulfonamides is 2. The van der Waals surface area contributed by atoms with Crippen molar-refractivity contribution in [2.45, 2.75) is 22.6 Å². The molecule has 0 spiro atoms. The molecule has 11 heteroatoms. The molecule has 156 valence electrons. The Bertz CT molecular complexity index is 1140. The van der Waals surface area contributed by atoms with Crippen LogP contribution in [-0.2, 0) is 20.0 Å². The molecule has 29 heavy (non-hydrogen) atoms. The first-order valence-electron chi connectivity index (χ1n) is 8.66. The SMILES string of the molecule is COc1ccc(S(=O)(=O)Nc2cccc(S(=O)(=O)NC3=NCCC3)c2)cc1OC. The molecule has 0 radical (unpaired) electrons. The van der Waals surface area contributed by atoms with Gasteiger partial charge >= 0.3 is 0 Å². The molecule has 1 heterocycles. The summed E-state index contributed by atoms with van der Waals surface area (Å²) in [5.41, 5.74) is 0.107. The minimum Gasteiger partial charge on any atom is -0.493 e. The molecule has 0 saturated carbocycles. The summed E-state index contributed by atoms with van der Waals surface area (Å²) in [5.74, 6) is 1.05. The van der Waals surface area contributed by atoms with E-state index < -0.39 is 20.0 Å². The van der Waals surface area contributed by atoms with E-state index in [1.54, 1.807) is 0 Å². The van der Waals surface area contributed by atoms with Crippen molar-refractivity contribution in [2.75, 3.05) is 25.5 Å². The van der Waals surface area contributed by atoms with Gasteiger partial charge in [0.2, 0.25) is 0 Å². The number of anilines is 1. The summed E-state index contributed by atoms with van der Waals surface area (Å²) < 4.78 is 65.6. The molecule has 2 aromatic carbocycles. The van der Waals surface area contributed by atoms with Crippen LogP contribution in [0.4, 0.5) is 5.69 Å². The quantitative estimate of drug-likeness (QED) is 0.680. The van der Waals surface area contributed by atoms with Crippen LogP contribution >= 0.6 is 0 Å². The van der Waals surface area contributed by atoms with E-state index in [0.29, 0.717) is 24.6 Å². The van der Waals surface area contributed by atoms with E-state index in [-0.39, 0.29) is 21.2 Å². The standard InChI is InChI=1S/C18H21N3O6S2/c1-26-16-9-8-15(12-17(16)27-2)28(22,23)20-13-5-3-6-14(11-13)29(24,25)21-18-7-4-10-19-18/h3,5-6,8-9,11-12,20H,4,7,10H2,1-2H3,(H,19,21). The maximum Gasteiger partial charge on any atom is 0.262 e. The predicted molar refractivity (Wildman–Crippen MR) is 109 cm³/mol. The lowest BCUT2D eigenvalue weighted by molar-refractivity contribution is 0.354. The molecule has 0 atom stereocenters. The molecule has 0 aliphatic carbocycles. The zero-order valence-corrected chi connectivity index (χ0v) is 17.5. The average Bonchev–Trinajstić information content (AvgIpc) is 3.19. The number of amidine groups is 1. The molecule has 3 rings (SSSR count). The maximum atomic E-state index is 12.7. The van der Waals surface area contributed by atoms with Crippen molar-refractivity contribution in [3.8, 4) is 11.5 Å². The second-order valence-electron chi connectivity index (χ2n) is 6.19. The van der Waals surface area contributed by atoms with Gasteiger partial charge in [0.15, 0.2) is 11.5 Å². The number of benzene rings is 2. The molecule has 1 aliphatic rings. The highest BCUT2D eigenvalue weighted by Crippen LogP contribution is 2.30. The fraction of sp³-hybridized carbons (Fsp3) is 0.278. The molecule has 9 nitrogen and oxygen atoms in total. The van der Waals surface area contributed by atoms with E-state index in [2.05, 4.69) is 14.4 Å². The number of hydrogen-bond acceptors (Lipinski definition) is 7. The predicted octanol–water partition coefficient (Wildman–Crippen LogP) is 1.98. The van der Waals surface area contributed by atoms with Gasteiger partial charge in [-0.2, -0.15) is 0 Å². The minimum absolute atomic E-state index is 0.0538. The lowest BCUT2D eigenvalue weighted by Gasteiger charge is -2.13. The van der Waals surface area contributed by atoms with Crippen LogP contribution in [0.5, 0.6) is 11.5 Å². The van der Waals surface area contributed by atoms with Crippen LogP contribution in [0.15, 0.2) is 57.2 Å². The molecule has 2 N–H and O–H groups in total. The summed E-state index contributed by atoms with van der Waals surface area (Å²) in [6, 6.07) is 9.70. The average molecular weight is 440 g/mol. The smallest absolute Gasteiger partial charge is 0.262 e. The highest BCUT2D eigenvalue weighted by atomic mass is 32.2. The lowest BCUT2D eigenvalue weighted by atomic mass is 10.3. The van der Waals surface area contributed by atoms with E-state index in [0.717, 1.165) is 6.42 Å². The summed E-state index contributed by atoms with van der Waals surface area (Å²) in [4.78, 5) is 3.97. The Morgan fingerprint density at radius 2 is 1.55 bits per heavy atom. The Labute approximate surface area is 169 Å². The molecule has 0 aromatic heterocycles. The number of nitrogens with one attached hydrogen (secondary N) is 2. The van der Waals surface area contributed by atoms with Gasteiger partial charge in [-0.05, 0) is 36.8 Å². The topological polar surface area (TPSA) is 123 Å². The molecular weight excluding hydrogens is 418 g/mol. The zero-order valence-electron chi connectivity index (χ0n) is 15.9. The summed E-state index contributed by atoms with van der Waals surface area (Å²) in [5, 5.41) is 0. The maximum absolute atomic E-state index is 12.7.